The number of hydrogen-bond donors (Lipinski definition) is 0. The highest BCUT2D eigenvalue weighted by molar-refractivity contribution is 6.18. The van der Waals surface area contributed by atoms with Crippen LogP contribution in [0.15, 0.2) is 114 Å². The third-order valence-electron chi connectivity index (χ3n) is 9.36. The SMILES string of the molecule is CC(C)C1(C(C)C)c2ccccc2-c2c1cc(-c1nc(-c3ccccc3)nc(-c3ccccn3)n1)c1oc3ccccc3c21. The highest BCUT2D eigenvalue weighted by Crippen LogP contribution is 2.60. The van der Waals surface area contributed by atoms with Crippen molar-refractivity contribution in [2.75, 3.05) is 0 Å². The van der Waals surface area contributed by atoms with Crippen molar-refractivity contribution in [3.8, 4) is 45.4 Å². The van der Waals surface area contributed by atoms with E-state index in [-0.39, 0.29) is 5.41 Å². The van der Waals surface area contributed by atoms with Gasteiger partial charge < -0.3 is 4.42 Å². The van der Waals surface area contributed by atoms with Gasteiger partial charge in [0.1, 0.15) is 16.9 Å². The number of benzene rings is 4. The molecule has 0 N–H and O–H groups in total. The normalized spacial score (nSPS) is 13.6. The van der Waals surface area contributed by atoms with E-state index in [2.05, 4.69) is 75.1 Å². The predicted octanol–water partition coefficient (Wildman–Crippen LogP) is 9.75. The maximum Gasteiger partial charge on any atom is 0.182 e. The average molecular weight is 573 g/mol. The van der Waals surface area contributed by atoms with Crippen LogP contribution in [0.1, 0.15) is 38.8 Å². The molecule has 0 amide bonds. The molecule has 1 aliphatic rings. The van der Waals surface area contributed by atoms with Crippen LogP contribution in [-0.2, 0) is 5.41 Å². The van der Waals surface area contributed by atoms with E-state index in [4.69, 9.17) is 19.4 Å². The molecule has 7 aromatic rings. The summed E-state index contributed by atoms with van der Waals surface area (Å²) in [4.78, 5) is 19.7. The first kappa shape index (κ1) is 26.5. The zero-order valence-corrected chi connectivity index (χ0v) is 25.2. The summed E-state index contributed by atoms with van der Waals surface area (Å²) in [6.45, 7) is 9.38. The van der Waals surface area contributed by atoms with E-state index in [0.29, 0.717) is 35.0 Å². The molecule has 5 nitrogen and oxygen atoms in total. The van der Waals surface area contributed by atoms with Gasteiger partial charge >= 0.3 is 0 Å². The van der Waals surface area contributed by atoms with Gasteiger partial charge in [0.15, 0.2) is 17.5 Å². The van der Waals surface area contributed by atoms with Crippen LogP contribution in [0.4, 0.5) is 0 Å². The fourth-order valence-electron chi connectivity index (χ4n) is 7.61. The average Bonchev–Trinajstić information content (AvgIpc) is 3.59. The van der Waals surface area contributed by atoms with Crippen molar-refractivity contribution in [1.29, 1.82) is 0 Å². The Morgan fingerprint density at radius 2 is 1.30 bits per heavy atom. The fraction of sp³-hybridized carbons (Fsp3) is 0.179. The molecule has 0 spiro atoms. The lowest BCUT2D eigenvalue weighted by Gasteiger charge is -2.40. The van der Waals surface area contributed by atoms with Crippen LogP contribution in [-0.4, -0.2) is 19.9 Å². The molecule has 1 aliphatic carbocycles. The molecule has 0 aliphatic heterocycles. The fourth-order valence-corrected chi connectivity index (χ4v) is 7.61. The molecule has 0 unspecified atom stereocenters. The van der Waals surface area contributed by atoms with Gasteiger partial charge in [0.2, 0.25) is 0 Å². The molecule has 0 fully saturated rings. The van der Waals surface area contributed by atoms with Gasteiger partial charge in [0, 0.05) is 27.9 Å². The van der Waals surface area contributed by atoms with Crippen LogP contribution < -0.4 is 0 Å². The van der Waals surface area contributed by atoms with Gasteiger partial charge in [-0.05, 0) is 58.4 Å². The molecule has 8 rings (SSSR count). The first-order valence-corrected chi connectivity index (χ1v) is 15.3. The molecule has 5 heteroatoms. The smallest absolute Gasteiger partial charge is 0.182 e. The lowest BCUT2D eigenvalue weighted by Crippen LogP contribution is -2.37. The summed E-state index contributed by atoms with van der Waals surface area (Å²) in [7, 11) is 0. The second-order valence-electron chi connectivity index (χ2n) is 12.3. The minimum atomic E-state index is -0.202. The number of hydrogen-bond acceptors (Lipinski definition) is 5. The summed E-state index contributed by atoms with van der Waals surface area (Å²) in [6, 6.07) is 35.4. The van der Waals surface area contributed by atoms with Gasteiger partial charge in [-0.25, -0.2) is 15.0 Å². The Bertz CT molecular complexity index is 2120. The van der Waals surface area contributed by atoms with Crippen LogP contribution >= 0.6 is 0 Å². The standard InChI is InChI=1S/C39H32N4O/c1-23(2)39(24(3)4)29-18-10-8-16-26(29)33-30(39)22-28(35-34(33)27-17-9-11-20-32(27)44-35)37-41-36(25-14-6-5-7-15-25)42-38(43-37)31-19-12-13-21-40-31/h5-24H,1-4H3. The highest BCUT2D eigenvalue weighted by Gasteiger charge is 2.49. The van der Waals surface area contributed by atoms with Gasteiger partial charge in [-0.15, -0.1) is 0 Å². The molecule has 0 atom stereocenters. The van der Waals surface area contributed by atoms with Gasteiger partial charge in [-0.1, -0.05) is 107 Å². The Balaban J connectivity index is 1.53. The lowest BCUT2D eigenvalue weighted by molar-refractivity contribution is 0.280. The Hall–Kier alpha value is -5.16. The maximum atomic E-state index is 6.74. The van der Waals surface area contributed by atoms with E-state index in [1.807, 2.05) is 60.7 Å². The minimum absolute atomic E-state index is 0.202. The molecule has 0 bridgehead atoms. The molecule has 4 aromatic carbocycles. The summed E-state index contributed by atoms with van der Waals surface area (Å²) in [5, 5.41) is 2.21. The minimum Gasteiger partial charge on any atom is -0.455 e. The van der Waals surface area contributed by atoms with Crippen molar-refractivity contribution >= 4 is 21.9 Å². The van der Waals surface area contributed by atoms with E-state index in [0.717, 1.165) is 33.1 Å². The molecule has 214 valence electrons. The Morgan fingerprint density at radius 3 is 2.07 bits per heavy atom. The van der Waals surface area contributed by atoms with Crippen LogP contribution in [0.5, 0.6) is 0 Å². The molecular formula is C39H32N4O. The molecule has 0 radical (unpaired) electrons. The van der Waals surface area contributed by atoms with Crippen LogP contribution in [0.3, 0.4) is 0 Å². The van der Waals surface area contributed by atoms with Gasteiger partial charge in [0.25, 0.3) is 0 Å². The summed E-state index contributed by atoms with van der Waals surface area (Å²) >= 11 is 0. The molecule has 44 heavy (non-hydrogen) atoms. The third-order valence-corrected chi connectivity index (χ3v) is 9.36. The van der Waals surface area contributed by atoms with Crippen molar-refractivity contribution in [3.05, 3.63) is 120 Å². The summed E-state index contributed by atoms with van der Waals surface area (Å²) in [5.41, 5.74) is 9.14. The number of furan rings is 1. The molecule has 3 heterocycles. The van der Waals surface area contributed by atoms with Crippen molar-refractivity contribution < 1.29 is 4.42 Å². The van der Waals surface area contributed by atoms with Gasteiger partial charge in [-0.3, -0.25) is 4.98 Å². The summed E-state index contributed by atoms with van der Waals surface area (Å²) < 4.78 is 6.74. The quantitative estimate of drug-likeness (QED) is 0.205. The predicted molar refractivity (Wildman–Crippen MR) is 177 cm³/mol. The van der Waals surface area contributed by atoms with E-state index >= 15 is 0 Å². The first-order valence-electron chi connectivity index (χ1n) is 15.3. The zero-order valence-electron chi connectivity index (χ0n) is 25.2. The van der Waals surface area contributed by atoms with E-state index in [9.17, 15) is 0 Å². The van der Waals surface area contributed by atoms with Crippen LogP contribution in [0.25, 0.3) is 67.4 Å². The summed E-state index contributed by atoms with van der Waals surface area (Å²) in [5.74, 6) is 2.39. The Morgan fingerprint density at radius 1 is 0.614 bits per heavy atom. The van der Waals surface area contributed by atoms with Crippen molar-refractivity contribution in [3.63, 3.8) is 0 Å². The van der Waals surface area contributed by atoms with Gasteiger partial charge in [-0.2, -0.15) is 0 Å². The molecule has 0 saturated carbocycles. The van der Waals surface area contributed by atoms with E-state index in [1.54, 1.807) is 6.20 Å². The largest absolute Gasteiger partial charge is 0.455 e. The Kier molecular flexibility index (Phi) is 5.99. The monoisotopic (exact) mass is 572 g/mol. The topological polar surface area (TPSA) is 64.7 Å². The van der Waals surface area contributed by atoms with E-state index in [1.165, 1.54) is 22.3 Å². The maximum absolute atomic E-state index is 6.74. The molecule has 3 aromatic heterocycles. The third kappa shape index (κ3) is 3.72. The number of para-hydroxylation sites is 1. The number of pyridine rings is 1. The van der Waals surface area contributed by atoms with Gasteiger partial charge in [0.05, 0.1) is 5.56 Å². The molecule has 0 saturated heterocycles. The van der Waals surface area contributed by atoms with E-state index < -0.39 is 0 Å². The number of aromatic nitrogens is 4. The van der Waals surface area contributed by atoms with Crippen LogP contribution in [0.2, 0.25) is 0 Å². The second-order valence-corrected chi connectivity index (χ2v) is 12.3. The van der Waals surface area contributed by atoms with Crippen molar-refractivity contribution in [1.82, 2.24) is 19.9 Å². The number of rotatable bonds is 5. The number of fused-ring (bicyclic) bond motifs is 7. The lowest BCUT2D eigenvalue weighted by atomic mass is 9.62. The Labute approximate surface area is 256 Å². The first-order chi connectivity index (χ1) is 21.5. The van der Waals surface area contributed by atoms with Crippen molar-refractivity contribution in [2.24, 2.45) is 11.8 Å². The zero-order chi connectivity index (χ0) is 30.0. The second kappa shape index (κ2) is 9.95. The summed E-state index contributed by atoms with van der Waals surface area (Å²) in [6.07, 6.45) is 1.77. The number of nitrogens with zero attached hydrogens (tertiary/aromatic N) is 4. The van der Waals surface area contributed by atoms with Crippen LogP contribution in [0, 0.1) is 11.8 Å². The molecular weight excluding hydrogens is 540 g/mol. The highest BCUT2D eigenvalue weighted by atomic mass is 16.3. The van der Waals surface area contributed by atoms with Crippen molar-refractivity contribution in [2.45, 2.75) is 33.1 Å².